The molecule has 3 heterocycles. The Morgan fingerprint density at radius 1 is 0.504 bits per heavy atom. The maximum atomic E-state index is 12.7. The van der Waals surface area contributed by atoms with E-state index >= 15 is 0 Å². The van der Waals surface area contributed by atoms with Crippen LogP contribution in [0.25, 0.3) is 10.4 Å². The van der Waals surface area contributed by atoms with Crippen LogP contribution in [-0.2, 0) is 47.8 Å². The number of carboxylic acids is 3. The molecule has 6 unspecified atom stereocenters. The Hall–Kier alpha value is -6.84. The summed E-state index contributed by atoms with van der Waals surface area (Å²) in [5, 5.41) is 48.7. The molecule has 6 N–H and O–H groups in total. The van der Waals surface area contributed by atoms with Crippen molar-refractivity contribution in [2.45, 2.75) is 352 Å². The molecule has 4 amide bonds. The minimum Gasteiger partial charge on any atom is -0.590 e. The molecule has 27 heteroatoms. The van der Waals surface area contributed by atoms with Gasteiger partial charge in [0.25, 0.3) is 0 Å². The van der Waals surface area contributed by atoms with Crippen molar-refractivity contribution in [3.05, 3.63) is 118 Å². The Morgan fingerprint density at radius 2 is 0.850 bits per heavy atom. The third kappa shape index (κ3) is 68.8. The van der Waals surface area contributed by atoms with Gasteiger partial charge in [-0.3, -0.25) is 38.6 Å². The topological polar surface area (TPSA) is 379 Å². The zero-order valence-electron chi connectivity index (χ0n) is 83.7. The fraction of sp³-hybridized carbons (Fsp3) is 0.720. The fourth-order valence-electron chi connectivity index (χ4n) is 13.4. The first kappa shape index (κ1) is 131. The Labute approximate surface area is 793 Å². The number of halogens is 2. The Bertz CT molecular complexity index is 3360. The molecule has 0 spiro atoms. The number of cyclic esters (lactones) is 2. The number of amides is 4. The number of carbonyl (C=O) groups is 9. The molecule has 0 saturated carbocycles. The number of aliphatic hydroxyl groups excluding tert-OH is 1. The molecule has 6 rings (SSSR count). The summed E-state index contributed by atoms with van der Waals surface area (Å²) in [5.74, 6) is 5.07. The van der Waals surface area contributed by atoms with Gasteiger partial charge in [0.1, 0.15) is 24.1 Å². The van der Waals surface area contributed by atoms with E-state index in [0.29, 0.717) is 97.6 Å². The summed E-state index contributed by atoms with van der Waals surface area (Å²) < 4.78 is 15.9. The minimum absolute atomic E-state index is 0. The van der Waals surface area contributed by atoms with Crippen molar-refractivity contribution in [2.75, 3.05) is 25.0 Å². The molecule has 0 aromatic heterocycles. The van der Waals surface area contributed by atoms with Gasteiger partial charge in [-0.05, 0) is 216 Å². The molecule has 0 bridgehead atoms. The number of carboxylic acid groups (broad SMARTS) is 3. The normalized spacial score (nSPS) is 16.9. The Kier molecular flexibility index (Phi) is 81.4. The summed E-state index contributed by atoms with van der Waals surface area (Å²) in [6, 6.07) is 28.2. The van der Waals surface area contributed by atoms with Gasteiger partial charge in [-0.1, -0.05) is 304 Å². The number of aliphatic carboxylic acids is 3. The quantitative estimate of drug-likeness (QED) is 0.00884. The van der Waals surface area contributed by atoms with Crippen molar-refractivity contribution in [3.8, 4) is 0 Å². The number of ketones is 1. The molecular weight excluding hydrogens is 1690 g/mol. The number of nitrogens with two attached hydrogens (primary N) is 1. The van der Waals surface area contributed by atoms with Crippen molar-refractivity contribution in [1.29, 1.82) is 0 Å². The molecule has 2 saturated heterocycles. The van der Waals surface area contributed by atoms with Crippen LogP contribution in [0.4, 0.5) is 9.59 Å². The van der Waals surface area contributed by atoms with Crippen LogP contribution in [0.3, 0.4) is 0 Å². The number of aliphatic hydroxyl groups is 1. The number of aliphatic imine (C=N–C) groups is 1. The minimum atomic E-state index is -0.749. The van der Waals surface area contributed by atoms with E-state index in [1.54, 1.807) is 0 Å². The van der Waals surface area contributed by atoms with E-state index in [1.807, 2.05) is 153 Å². The molecule has 3 aliphatic heterocycles. The molecule has 724 valence electrons. The van der Waals surface area contributed by atoms with Gasteiger partial charge < -0.3 is 45.5 Å². The maximum Gasteiger partial charge on any atom is 1.00 e. The largest absolute Gasteiger partial charge is 1.00 e. The second-order valence-corrected chi connectivity index (χ2v) is 37.7. The second-order valence-electron chi connectivity index (χ2n) is 36.7. The van der Waals surface area contributed by atoms with Gasteiger partial charge in [0, 0.05) is 49.7 Å². The number of imide groups is 2. The molecule has 0 aliphatic carbocycles. The van der Waals surface area contributed by atoms with Crippen LogP contribution in [0.1, 0.15) is 351 Å². The third-order valence-electron chi connectivity index (χ3n) is 20.6. The van der Waals surface area contributed by atoms with Crippen LogP contribution in [0, 0.1) is 88.8 Å². The molecule has 127 heavy (non-hydrogen) atoms. The first-order chi connectivity index (χ1) is 59.0. The Balaban J connectivity index is -0.000000325. The van der Waals surface area contributed by atoms with Crippen molar-refractivity contribution in [3.63, 3.8) is 0 Å². The van der Waals surface area contributed by atoms with Crippen molar-refractivity contribution >= 4 is 86.5 Å². The van der Waals surface area contributed by atoms with Gasteiger partial charge >= 0.3 is 49.0 Å². The number of carbonyl (C=O) groups excluding carboxylic acids is 6. The standard InChI is InChI=1S/C18H25NO3.C16H21NO3.C10H11NO2.C9H20.C8H17N3.C8H17NO2.C8H16O2.C8H18O.C6H11ClO.C6H12O2.C3H5BrO.Li/c1-5-14(11-12(2)3)17(20)19-13(4)16(22-18(19)21)15-9-7-6-8-10-15;1-11(2)9-10-14(18)17-12(3)15(20-16(17)19)13-7-5-4-6-8-13;1-7-9(13-10(12)11-7)8-5-3-2-4-6-8;1-5-9(6-2)7-8(3)4;1-4-8(5-7(2)3)6-10-11-9;1-6(2)3-7(5-9)4-8(10)11;1-4-7(8(9)10)5-6(2)3;1-4-8(6-9)5-7(2)3;2*1-5(2)3-4-6(7)8;1-3(5)2-4;/h6-10,12-14,16H,5,11H2,1-4H3;4-8,11-12,15H,9-10H2,1-3H3;2-7,9H,1H3,(H,11,12);8-9H,5-7H2,1-4H3;7-8H,4-6H2,1-3H3;6-7H,3-5,9H2,1-2H3,(H,10,11);6-7H,4-5H2,1-3H3,(H,9,10);7-9H,4-6H2,1-3H3;5H,3-4H2,1-2H3;5H,3-4H2,1-2H3,(H,7,8);2H2,1H3;/q;;;;;;;;;;;+1/p-1/t13?,14-,16?;;;;8-;2*7-;8-;;;;/m1...1011..../s1. The van der Waals surface area contributed by atoms with E-state index in [2.05, 4.69) is 156 Å². The first-order valence-electron chi connectivity index (χ1n) is 46.3. The number of ether oxygens (including phenoxy) is 3. The average molecular weight is 1870 g/mol. The summed E-state index contributed by atoms with van der Waals surface area (Å²) in [7, 11) is 0. The summed E-state index contributed by atoms with van der Waals surface area (Å²) in [5.41, 5.74) is 16.4. The number of alkyl halides is 1. The third-order valence-corrected chi connectivity index (χ3v) is 21.5. The molecule has 0 radical (unpaired) electrons. The summed E-state index contributed by atoms with van der Waals surface area (Å²) in [6.45, 7) is 59.5. The monoisotopic (exact) mass is 1860 g/mol. The number of nitrogens with zero attached hydrogens (tertiary/aromatic N) is 6. The predicted molar refractivity (Wildman–Crippen MR) is 516 cm³/mol. The van der Waals surface area contributed by atoms with E-state index in [9.17, 15) is 48.3 Å². The smallest absolute Gasteiger partial charge is 0.590 e. The van der Waals surface area contributed by atoms with Gasteiger partial charge in [-0.25, -0.2) is 19.4 Å². The molecule has 24 nitrogen and oxygen atoms in total. The van der Waals surface area contributed by atoms with Gasteiger partial charge in [0.2, 0.25) is 17.1 Å². The fourth-order valence-corrected chi connectivity index (χ4v) is 13.6. The molecule has 11 atom stereocenters. The van der Waals surface area contributed by atoms with Crippen LogP contribution in [0.2, 0.25) is 0 Å². The van der Waals surface area contributed by atoms with Crippen LogP contribution < -0.4 is 29.7 Å². The molecule has 3 aliphatic rings. The molecule has 3 aromatic rings. The zero-order valence-corrected chi connectivity index (χ0v) is 86.0. The van der Waals surface area contributed by atoms with E-state index in [4.69, 9.17) is 57.5 Å². The Morgan fingerprint density at radius 3 is 1.12 bits per heavy atom. The number of azide groups is 1. The van der Waals surface area contributed by atoms with E-state index in [1.165, 1.54) is 36.0 Å². The van der Waals surface area contributed by atoms with Crippen LogP contribution in [0.5, 0.6) is 0 Å². The summed E-state index contributed by atoms with van der Waals surface area (Å²) in [6.07, 6.45) is 14.1. The van der Waals surface area contributed by atoms with Crippen LogP contribution in [-0.4, -0.2) is 132 Å². The van der Waals surface area contributed by atoms with E-state index < -0.39 is 36.2 Å². The van der Waals surface area contributed by atoms with Crippen LogP contribution >= 0.6 is 27.5 Å². The second kappa shape index (κ2) is 79.0. The maximum absolute atomic E-state index is 12.7. The van der Waals surface area contributed by atoms with Gasteiger partial charge in [0.15, 0.2) is 0 Å². The van der Waals surface area contributed by atoms with Crippen molar-refractivity contribution in [1.82, 2.24) is 9.80 Å². The van der Waals surface area contributed by atoms with E-state index in [-0.39, 0.29) is 102 Å². The van der Waals surface area contributed by atoms with Gasteiger partial charge in [0.05, 0.1) is 35.5 Å². The summed E-state index contributed by atoms with van der Waals surface area (Å²) >= 11 is 8.05. The molecular formula is C100H172BrClLiN7O17. The SMILES string of the molecule is CC(=O)CBr.CC(C)CCC(=O)Cl.CC(C)CCC(=O)N1C(=O)OC(c2ccccc2)C1C.CC(C)CCC(=O)O.CC(C)C[C@H](CN)CC(=O)O.CC1N=C([O-])OC1c1ccccc1.CCC(CC)CC(C)C.CC[C@@H](CN=[N+]=[N-])CC(C)C.CC[C@@H](CO)CC(C)C.CC[C@H](CC(C)C)C(=O)N1C(=O)OC(c2ccccc2)C1C.CC[C@H](CC(C)C)C(=O)O.[Li+]. The van der Waals surface area contributed by atoms with Gasteiger partial charge in [-0.2, -0.15) is 0 Å². The number of Topliss-reactive ketones (excluding diaryl/α,β-unsaturated/α-hetero) is 1. The first-order valence-corrected chi connectivity index (χ1v) is 47.8. The zero-order chi connectivity index (χ0) is 97.9. The van der Waals surface area contributed by atoms with Gasteiger partial charge in [-0.15, -0.1) is 0 Å². The number of hydrogen-bond acceptors (Lipinski definition) is 17. The molecule has 2 fully saturated rings. The summed E-state index contributed by atoms with van der Waals surface area (Å²) in [4.78, 5) is 109. The number of rotatable bonds is 39. The van der Waals surface area contributed by atoms with Crippen molar-refractivity contribution in [2.24, 2.45) is 105 Å². The van der Waals surface area contributed by atoms with Crippen molar-refractivity contribution < 1.29 is 102 Å². The van der Waals surface area contributed by atoms with Crippen LogP contribution in [0.15, 0.2) is 101 Å². The molecule has 3 aromatic carbocycles. The number of benzene rings is 3. The predicted octanol–water partition coefficient (Wildman–Crippen LogP) is 22.3. The number of hydrogen-bond donors (Lipinski definition) is 5. The van der Waals surface area contributed by atoms with E-state index in [0.717, 1.165) is 111 Å². The average Bonchev–Trinajstić information content (AvgIpc) is 1.65.